The van der Waals surface area contributed by atoms with Gasteiger partial charge in [-0.2, -0.15) is 0 Å². The minimum Gasteiger partial charge on any atom is -0.466 e. The fourth-order valence-electron chi connectivity index (χ4n) is 1.72. The molecule has 1 N–H and O–H groups in total. The van der Waals surface area contributed by atoms with E-state index in [1.54, 1.807) is 12.4 Å². The van der Waals surface area contributed by atoms with Gasteiger partial charge in [0, 0.05) is 37.6 Å². The van der Waals surface area contributed by atoms with Crippen molar-refractivity contribution in [1.29, 1.82) is 0 Å². The summed E-state index contributed by atoms with van der Waals surface area (Å²) in [7, 11) is 0. The fourth-order valence-corrected chi connectivity index (χ4v) is 1.72. The lowest BCUT2D eigenvalue weighted by Gasteiger charge is -2.07. The van der Waals surface area contributed by atoms with Crippen LogP contribution >= 0.6 is 0 Å². The molecule has 2 aromatic rings. The zero-order chi connectivity index (χ0) is 14.2. The molecule has 0 amide bonds. The van der Waals surface area contributed by atoms with Crippen molar-refractivity contribution in [2.75, 3.05) is 18.5 Å². The van der Waals surface area contributed by atoms with E-state index in [1.807, 2.05) is 30.5 Å². The van der Waals surface area contributed by atoms with Gasteiger partial charge in [-0.1, -0.05) is 0 Å². The third-order valence-corrected chi connectivity index (χ3v) is 2.71. The molecule has 5 heteroatoms. The first-order chi connectivity index (χ1) is 9.75. The molecule has 20 heavy (non-hydrogen) atoms. The Kier molecular flexibility index (Phi) is 5.06. The number of rotatable bonds is 6. The average molecular weight is 271 g/mol. The summed E-state index contributed by atoms with van der Waals surface area (Å²) >= 11 is 0. The number of ether oxygens (including phenoxy) is 1. The third-order valence-electron chi connectivity index (χ3n) is 2.71. The Balaban J connectivity index is 1.82. The fraction of sp³-hybridized carbons (Fsp3) is 0.267. The number of aromatic nitrogens is 2. The zero-order valence-corrected chi connectivity index (χ0v) is 11.4. The smallest absolute Gasteiger partial charge is 0.302 e. The van der Waals surface area contributed by atoms with Crippen LogP contribution in [-0.2, 0) is 9.53 Å². The number of pyridine rings is 2. The lowest BCUT2D eigenvalue weighted by Crippen LogP contribution is -2.08. The number of hydrogen-bond acceptors (Lipinski definition) is 5. The molecule has 2 heterocycles. The van der Waals surface area contributed by atoms with Gasteiger partial charge in [0.05, 0.1) is 6.61 Å². The average Bonchev–Trinajstić information content (AvgIpc) is 2.48. The molecule has 2 rings (SSSR count). The van der Waals surface area contributed by atoms with Crippen LogP contribution in [0.4, 0.5) is 5.82 Å². The highest BCUT2D eigenvalue weighted by Crippen LogP contribution is 2.18. The number of esters is 1. The van der Waals surface area contributed by atoms with Gasteiger partial charge in [-0.15, -0.1) is 0 Å². The van der Waals surface area contributed by atoms with Crippen molar-refractivity contribution in [3.8, 4) is 11.1 Å². The quantitative estimate of drug-likeness (QED) is 0.646. The zero-order valence-electron chi connectivity index (χ0n) is 11.4. The SMILES string of the molecule is CC(=O)OCCCNc1ccc(-c2ccncc2)cn1. The van der Waals surface area contributed by atoms with Crippen molar-refractivity contribution in [1.82, 2.24) is 9.97 Å². The molecule has 0 aliphatic carbocycles. The van der Waals surface area contributed by atoms with Gasteiger partial charge in [0.1, 0.15) is 5.82 Å². The highest BCUT2D eigenvalue weighted by atomic mass is 16.5. The molecule has 0 unspecified atom stereocenters. The summed E-state index contributed by atoms with van der Waals surface area (Å²) in [6.07, 6.45) is 6.10. The Hall–Kier alpha value is -2.43. The summed E-state index contributed by atoms with van der Waals surface area (Å²) in [4.78, 5) is 18.9. The topological polar surface area (TPSA) is 64.1 Å². The van der Waals surface area contributed by atoms with Gasteiger partial charge in [0.2, 0.25) is 0 Å². The normalized spacial score (nSPS) is 10.1. The van der Waals surface area contributed by atoms with Crippen LogP contribution in [0.1, 0.15) is 13.3 Å². The number of carbonyl (C=O) groups is 1. The van der Waals surface area contributed by atoms with Crippen molar-refractivity contribution in [2.45, 2.75) is 13.3 Å². The highest BCUT2D eigenvalue weighted by molar-refractivity contribution is 5.65. The second-order valence-corrected chi connectivity index (χ2v) is 4.29. The maximum atomic E-state index is 10.6. The van der Waals surface area contributed by atoms with E-state index in [1.165, 1.54) is 6.92 Å². The predicted molar refractivity (Wildman–Crippen MR) is 77.2 cm³/mol. The summed E-state index contributed by atoms with van der Waals surface area (Å²) in [5.74, 6) is 0.565. The van der Waals surface area contributed by atoms with Gasteiger partial charge in [-0.3, -0.25) is 9.78 Å². The Morgan fingerprint density at radius 1 is 1.20 bits per heavy atom. The monoisotopic (exact) mass is 271 g/mol. The van der Waals surface area contributed by atoms with Crippen LogP contribution in [0.5, 0.6) is 0 Å². The molecule has 0 radical (unpaired) electrons. The number of nitrogens with zero attached hydrogens (tertiary/aromatic N) is 2. The van der Waals surface area contributed by atoms with Crippen molar-refractivity contribution >= 4 is 11.8 Å². The summed E-state index contributed by atoms with van der Waals surface area (Å²) in [5.41, 5.74) is 2.15. The van der Waals surface area contributed by atoms with Crippen molar-refractivity contribution in [2.24, 2.45) is 0 Å². The van der Waals surface area contributed by atoms with E-state index in [4.69, 9.17) is 4.74 Å². The van der Waals surface area contributed by atoms with Crippen LogP contribution < -0.4 is 5.32 Å². The summed E-state index contributed by atoms with van der Waals surface area (Å²) in [5, 5.41) is 3.18. The number of carbonyl (C=O) groups excluding carboxylic acids is 1. The maximum absolute atomic E-state index is 10.6. The van der Waals surface area contributed by atoms with Gasteiger partial charge < -0.3 is 10.1 Å². The second kappa shape index (κ2) is 7.23. The molecule has 0 aromatic carbocycles. The van der Waals surface area contributed by atoms with E-state index < -0.39 is 0 Å². The van der Waals surface area contributed by atoms with Gasteiger partial charge in [0.25, 0.3) is 0 Å². The van der Waals surface area contributed by atoms with E-state index in [-0.39, 0.29) is 5.97 Å². The largest absolute Gasteiger partial charge is 0.466 e. The molecule has 0 spiro atoms. The van der Waals surface area contributed by atoms with Gasteiger partial charge in [-0.25, -0.2) is 4.98 Å². The summed E-state index contributed by atoms with van der Waals surface area (Å²) in [6, 6.07) is 7.84. The molecule has 0 atom stereocenters. The Morgan fingerprint density at radius 2 is 2.00 bits per heavy atom. The molecule has 0 aliphatic rings. The standard InChI is InChI=1S/C15H17N3O2/c1-12(19)20-10-2-7-17-15-4-3-14(11-18-15)13-5-8-16-9-6-13/h3-6,8-9,11H,2,7,10H2,1H3,(H,17,18). The molecule has 0 aliphatic heterocycles. The van der Waals surface area contributed by atoms with E-state index in [0.717, 1.165) is 29.9 Å². The van der Waals surface area contributed by atoms with Crippen LogP contribution in [0.25, 0.3) is 11.1 Å². The lowest BCUT2D eigenvalue weighted by molar-refractivity contribution is -0.140. The lowest BCUT2D eigenvalue weighted by atomic mass is 10.1. The van der Waals surface area contributed by atoms with Crippen molar-refractivity contribution in [3.05, 3.63) is 42.9 Å². The second-order valence-electron chi connectivity index (χ2n) is 4.29. The van der Waals surface area contributed by atoms with Gasteiger partial charge >= 0.3 is 5.97 Å². The van der Waals surface area contributed by atoms with Crippen LogP contribution in [0.2, 0.25) is 0 Å². The Bertz CT molecular complexity index is 541. The first-order valence-electron chi connectivity index (χ1n) is 6.49. The Morgan fingerprint density at radius 3 is 2.65 bits per heavy atom. The molecule has 0 saturated heterocycles. The first-order valence-corrected chi connectivity index (χ1v) is 6.49. The highest BCUT2D eigenvalue weighted by Gasteiger charge is 1.99. The number of anilines is 1. The number of hydrogen-bond donors (Lipinski definition) is 1. The third kappa shape index (κ3) is 4.35. The predicted octanol–water partition coefficient (Wildman–Crippen LogP) is 2.51. The van der Waals surface area contributed by atoms with E-state index in [0.29, 0.717) is 6.61 Å². The van der Waals surface area contributed by atoms with Crippen LogP contribution in [-0.4, -0.2) is 29.1 Å². The first kappa shape index (κ1) is 14.0. The molecule has 0 fully saturated rings. The minimum atomic E-state index is -0.246. The summed E-state index contributed by atoms with van der Waals surface area (Å²) in [6.45, 7) is 2.55. The molecule has 0 bridgehead atoms. The molecule has 5 nitrogen and oxygen atoms in total. The van der Waals surface area contributed by atoms with E-state index >= 15 is 0 Å². The van der Waals surface area contributed by atoms with Gasteiger partial charge in [-0.05, 0) is 36.2 Å². The van der Waals surface area contributed by atoms with E-state index in [9.17, 15) is 4.79 Å². The molecular formula is C15H17N3O2. The van der Waals surface area contributed by atoms with Crippen LogP contribution in [0, 0.1) is 0 Å². The molecule has 104 valence electrons. The minimum absolute atomic E-state index is 0.246. The number of nitrogens with one attached hydrogen (secondary N) is 1. The molecule has 0 saturated carbocycles. The van der Waals surface area contributed by atoms with Crippen molar-refractivity contribution in [3.63, 3.8) is 0 Å². The van der Waals surface area contributed by atoms with Crippen molar-refractivity contribution < 1.29 is 9.53 Å². The maximum Gasteiger partial charge on any atom is 0.302 e. The molecule has 2 aromatic heterocycles. The molecular weight excluding hydrogens is 254 g/mol. The van der Waals surface area contributed by atoms with E-state index in [2.05, 4.69) is 15.3 Å². The Labute approximate surface area is 118 Å². The van der Waals surface area contributed by atoms with Crippen LogP contribution in [0.3, 0.4) is 0 Å². The summed E-state index contributed by atoms with van der Waals surface area (Å²) < 4.78 is 4.85. The van der Waals surface area contributed by atoms with Crippen LogP contribution in [0.15, 0.2) is 42.9 Å². The van der Waals surface area contributed by atoms with Gasteiger partial charge in [0.15, 0.2) is 0 Å².